The Hall–Kier alpha value is -2.63. The van der Waals surface area contributed by atoms with Crippen LogP contribution in [0.5, 0.6) is 0 Å². The molecule has 2 atom stereocenters. The van der Waals surface area contributed by atoms with Crippen LogP contribution in [0.25, 0.3) is 0 Å². The fourth-order valence-electron chi connectivity index (χ4n) is 3.49. The Labute approximate surface area is 146 Å². The highest BCUT2D eigenvalue weighted by atomic mass is 16.2. The van der Waals surface area contributed by atoms with Crippen molar-refractivity contribution in [3.8, 4) is 0 Å². The molecule has 6 heteroatoms. The van der Waals surface area contributed by atoms with E-state index in [4.69, 9.17) is 0 Å². The second-order valence-electron chi connectivity index (χ2n) is 7.05. The smallest absolute Gasteiger partial charge is 0.274 e. The van der Waals surface area contributed by atoms with E-state index in [0.717, 1.165) is 24.1 Å². The van der Waals surface area contributed by atoms with Gasteiger partial charge in [-0.3, -0.25) is 14.7 Å². The van der Waals surface area contributed by atoms with Gasteiger partial charge in [0.2, 0.25) is 5.91 Å². The first-order valence-electron chi connectivity index (χ1n) is 8.78. The molecule has 2 amide bonds. The Morgan fingerprint density at radius 1 is 1.20 bits per heavy atom. The van der Waals surface area contributed by atoms with Crippen molar-refractivity contribution in [2.24, 2.45) is 5.92 Å². The largest absolute Gasteiger partial charge is 0.351 e. The molecule has 2 aliphatic rings. The Kier molecular flexibility index (Phi) is 4.03. The molecule has 1 aliphatic heterocycles. The first-order valence-corrected chi connectivity index (χ1v) is 8.78. The summed E-state index contributed by atoms with van der Waals surface area (Å²) >= 11 is 0. The van der Waals surface area contributed by atoms with Crippen LogP contribution in [0.4, 0.5) is 0 Å². The highest BCUT2D eigenvalue weighted by Gasteiger charge is 2.40. The number of aromatic nitrogens is 2. The number of amides is 2. The number of aromatic amines is 1. The van der Waals surface area contributed by atoms with Gasteiger partial charge in [0.05, 0.1) is 6.04 Å². The zero-order valence-corrected chi connectivity index (χ0v) is 14.2. The number of hydrogen-bond acceptors (Lipinski definition) is 3. The molecule has 130 valence electrons. The summed E-state index contributed by atoms with van der Waals surface area (Å²) < 4.78 is 0. The van der Waals surface area contributed by atoms with Crippen LogP contribution in [0.1, 0.15) is 40.5 Å². The number of carbonyl (C=O) groups is 2. The summed E-state index contributed by atoms with van der Waals surface area (Å²) in [5.74, 6) is 0.298. The molecule has 2 fully saturated rings. The van der Waals surface area contributed by atoms with Crippen molar-refractivity contribution in [3.63, 3.8) is 0 Å². The molecule has 0 radical (unpaired) electrons. The summed E-state index contributed by atoms with van der Waals surface area (Å²) in [4.78, 5) is 26.8. The average molecular weight is 338 g/mol. The summed E-state index contributed by atoms with van der Waals surface area (Å²) in [6.45, 7) is 2.98. The van der Waals surface area contributed by atoms with E-state index < -0.39 is 0 Å². The third-order valence-electron chi connectivity index (χ3n) is 5.04. The number of H-pyrrole nitrogens is 1. The Balaban J connectivity index is 1.55. The first-order chi connectivity index (χ1) is 12.1. The third kappa shape index (κ3) is 3.29. The van der Waals surface area contributed by atoms with Crippen molar-refractivity contribution in [3.05, 3.63) is 53.3 Å². The van der Waals surface area contributed by atoms with Gasteiger partial charge in [-0.05, 0) is 31.4 Å². The molecule has 2 aromatic rings. The molecule has 0 spiro atoms. The minimum atomic E-state index is -0.0894. The van der Waals surface area contributed by atoms with Crippen LogP contribution in [-0.2, 0) is 4.79 Å². The van der Waals surface area contributed by atoms with Gasteiger partial charge in [0.25, 0.3) is 5.91 Å². The minimum absolute atomic E-state index is 0.0560. The highest BCUT2D eigenvalue weighted by Crippen LogP contribution is 2.32. The van der Waals surface area contributed by atoms with Crippen LogP contribution in [-0.4, -0.2) is 46.0 Å². The van der Waals surface area contributed by atoms with E-state index in [-0.39, 0.29) is 29.7 Å². The van der Waals surface area contributed by atoms with Crippen molar-refractivity contribution < 1.29 is 9.59 Å². The van der Waals surface area contributed by atoms with Crippen molar-refractivity contribution in [2.45, 2.75) is 31.7 Å². The lowest BCUT2D eigenvalue weighted by atomic mass is 9.94. The number of hydrogen-bond donors (Lipinski definition) is 2. The maximum Gasteiger partial charge on any atom is 0.274 e. The SMILES string of the molecule is Cc1cc(C(=O)N2C[C@@H](NC(=O)C3CC3)[C@H](c3ccccc3)C2)n[nH]1. The molecule has 2 heterocycles. The number of aryl methyl sites for hydroxylation is 1. The molecule has 0 unspecified atom stereocenters. The lowest BCUT2D eigenvalue weighted by molar-refractivity contribution is -0.123. The van der Waals surface area contributed by atoms with Gasteiger partial charge in [0.1, 0.15) is 5.69 Å². The van der Waals surface area contributed by atoms with E-state index in [2.05, 4.69) is 27.6 Å². The van der Waals surface area contributed by atoms with Crippen molar-refractivity contribution in [1.82, 2.24) is 20.4 Å². The molecule has 2 N–H and O–H groups in total. The Morgan fingerprint density at radius 2 is 1.96 bits per heavy atom. The Bertz CT molecular complexity index is 782. The fraction of sp³-hybridized carbons (Fsp3) is 0.421. The van der Waals surface area contributed by atoms with Gasteiger partial charge < -0.3 is 10.2 Å². The maximum atomic E-state index is 12.7. The topological polar surface area (TPSA) is 78.1 Å². The number of benzene rings is 1. The van der Waals surface area contributed by atoms with Crippen LogP contribution >= 0.6 is 0 Å². The predicted octanol–water partition coefficient (Wildman–Crippen LogP) is 1.85. The molecule has 0 bridgehead atoms. The van der Waals surface area contributed by atoms with Crippen molar-refractivity contribution in [2.75, 3.05) is 13.1 Å². The molecule has 6 nitrogen and oxygen atoms in total. The van der Waals surface area contributed by atoms with Crippen LogP contribution < -0.4 is 5.32 Å². The highest BCUT2D eigenvalue weighted by molar-refractivity contribution is 5.93. The molecule has 1 saturated heterocycles. The molecular weight excluding hydrogens is 316 g/mol. The second-order valence-corrected chi connectivity index (χ2v) is 7.05. The fourth-order valence-corrected chi connectivity index (χ4v) is 3.49. The number of nitrogens with zero attached hydrogens (tertiary/aromatic N) is 2. The zero-order chi connectivity index (χ0) is 17.4. The number of rotatable bonds is 4. The lowest BCUT2D eigenvalue weighted by Crippen LogP contribution is -2.41. The van der Waals surface area contributed by atoms with E-state index >= 15 is 0 Å². The predicted molar refractivity (Wildman–Crippen MR) is 93.1 cm³/mol. The molecular formula is C19H22N4O2. The molecule has 1 aromatic carbocycles. The summed E-state index contributed by atoms with van der Waals surface area (Å²) in [5.41, 5.74) is 2.44. The summed E-state index contributed by atoms with van der Waals surface area (Å²) in [5, 5.41) is 10.1. The molecule has 25 heavy (non-hydrogen) atoms. The Morgan fingerprint density at radius 3 is 2.60 bits per heavy atom. The first kappa shape index (κ1) is 15.9. The molecule has 1 saturated carbocycles. The van der Waals surface area contributed by atoms with Gasteiger partial charge in [-0.2, -0.15) is 5.10 Å². The molecule has 1 aliphatic carbocycles. The van der Waals surface area contributed by atoms with Crippen LogP contribution in [0.3, 0.4) is 0 Å². The van der Waals surface area contributed by atoms with Gasteiger partial charge in [0, 0.05) is 30.6 Å². The standard InChI is InChI=1S/C19H22N4O2/c1-12-9-16(22-21-12)19(25)23-10-15(13-5-3-2-4-6-13)17(11-23)20-18(24)14-7-8-14/h2-6,9,14-15,17H,7-8,10-11H2,1H3,(H,20,24)(H,21,22)/t15-,17+/m0/s1. The number of likely N-dealkylation sites (tertiary alicyclic amines) is 1. The quantitative estimate of drug-likeness (QED) is 0.893. The van der Waals surface area contributed by atoms with Gasteiger partial charge in [-0.25, -0.2) is 0 Å². The molecule has 4 rings (SSSR count). The second kappa shape index (κ2) is 6.35. The van der Waals surface area contributed by atoms with E-state index in [1.165, 1.54) is 0 Å². The summed E-state index contributed by atoms with van der Waals surface area (Å²) in [6, 6.07) is 11.8. The monoisotopic (exact) mass is 338 g/mol. The van der Waals surface area contributed by atoms with Crippen LogP contribution in [0.15, 0.2) is 36.4 Å². The maximum absolute atomic E-state index is 12.7. The van der Waals surface area contributed by atoms with Crippen molar-refractivity contribution >= 4 is 11.8 Å². The van der Waals surface area contributed by atoms with E-state index in [1.54, 1.807) is 11.0 Å². The summed E-state index contributed by atoms with van der Waals surface area (Å²) in [7, 11) is 0. The zero-order valence-electron chi connectivity index (χ0n) is 14.2. The lowest BCUT2D eigenvalue weighted by Gasteiger charge is -2.19. The molecule has 1 aromatic heterocycles. The van der Waals surface area contributed by atoms with E-state index in [9.17, 15) is 9.59 Å². The average Bonchev–Trinajstić information content (AvgIpc) is 3.27. The normalized spacial score (nSPS) is 22.8. The van der Waals surface area contributed by atoms with Gasteiger partial charge in [-0.15, -0.1) is 0 Å². The number of carbonyl (C=O) groups excluding carboxylic acids is 2. The number of nitrogens with one attached hydrogen (secondary N) is 2. The van der Waals surface area contributed by atoms with Crippen LogP contribution in [0, 0.1) is 12.8 Å². The summed E-state index contributed by atoms with van der Waals surface area (Å²) in [6.07, 6.45) is 1.95. The minimum Gasteiger partial charge on any atom is -0.351 e. The van der Waals surface area contributed by atoms with Gasteiger partial charge in [0.15, 0.2) is 0 Å². The van der Waals surface area contributed by atoms with Gasteiger partial charge in [-0.1, -0.05) is 30.3 Å². The van der Waals surface area contributed by atoms with Crippen LogP contribution in [0.2, 0.25) is 0 Å². The van der Waals surface area contributed by atoms with E-state index in [1.807, 2.05) is 25.1 Å². The van der Waals surface area contributed by atoms with Crippen molar-refractivity contribution in [1.29, 1.82) is 0 Å². The van der Waals surface area contributed by atoms with Gasteiger partial charge >= 0.3 is 0 Å². The third-order valence-corrected chi connectivity index (χ3v) is 5.04. The van der Waals surface area contributed by atoms with E-state index in [0.29, 0.717) is 18.8 Å².